The summed E-state index contributed by atoms with van der Waals surface area (Å²) < 4.78 is 0. The fraction of sp³-hybridized carbons (Fsp3) is 0.806. The van der Waals surface area contributed by atoms with Crippen LogP contribution in [0.3, 0.4) is 0 Å². The SMILES string of the molecule is NC(=O)O.O=C([O-])C(O)C(O)C(O)C(O)CO.O=C([O-])C(O)C(O)C(O)C(O)CO.O=C([O-])C(O)C(O)C(O)C(O)CO.O=C([O-])C(O)C(O)C(O)C(O)CO.O=C([O-])C(O)C(O)C(O)C(O)CO.[Mo+4].[Na+]. The summed E-state index contributed by atoms with van der Waals surface area (Å²) in [6.45, 7) is -4.32. The van der Waals surface area contributed by atoms with E-state index in [1.54, 1.807) is 0 Å². The molecular weight excluding hydrogens is 1100 g/mol. The second-order valence-corrected chi connectivity index (χ2v) is 12.8. The Labute approximate surface area is 432 Å². The topological polar surface area (TPSA) is 770 Å². The van der Waals surface area contributed by atoms with Crippen molar-refractivity contribution in [3.8, 4) is 0 Å². The van der Waals surface area contributed by atoms with Crippen LogP contribution in [0.2, 0.25) is 0 Å². The third-order valence-corrected chi connectivity index (χ3v) is 7.48. The summed E-state index contributed by atoms with van der Waals surface area (Å²) in [5.41, 5.74) is 4.03. The zero-order valence-corrected chi connectivity index (χ0v) is 40.2. The molecular formula is C31H58MoNNaO37. The van der Waals surface area contributed by atoms with Crippen molar-refractivity contribution in [3.05, 3.63) is 0 Å². The molecule has 0 aromatic carbocycles. The van der Waals surface area contributed by atoms with E-state index in [1.807, 2.05) is 0 Å². The first kappa shape index (κ1) is 85.1. The number of hydrogen-bond donors (Lipinski definition) is 27. The molecule has 0 saturated carbocycles. The molecule has 0 aliphatic rings. The number of carbonyl (C=O) groups excluding carboxylic acids is 5. The van der Waals surface area contributed by atoms with Crippen LogP contribution in [0.15, 0.2) is 0 Å². The summed E-state index contributed by atoms with van der Waals surface area (Å²) in [5.74, 6) is -9.88. The second-order valence-electron chi connectivity index (χ2n) is 12.8. The molecule has 0 aromatic rings. The van der Waals surface area contributed by atoms with Crippen LogP contribution in [-0.2, 0) is 45.0 Å². The molecule has 20 atom stereocenters. The summed E-state index contributed by atoms with van der Waals surface area (Å²) >= 11 is 0. The van der Waals surface area contributed by atoms with Gasteiger partial charge in [0.25, 0.3) is 0 Å². The van der Waals surface area contributed by atoms with Crippen LogP contribution < -0.4 is 60.8 Å². The Morgan fingerprint density at radius 3 is 0.437 bits per heavy atom. The van der Waals surface area contributed by atoms with Gasteiger partial charge < -0.3 is 188 Å². The Kier molecular flexibility index (Phi) is 55.0. The number of amides is 1. The van der Waals surface area contributed by atoms with Crippen LogP contribution in [0, 0.1) is 0 Å². The predicted molar refractivity (Wildman–Crippen MR) is 193 cm³/mol. The van der Waals surface area contributed by atoms with Crippen molar-refractivity contribution in [3.63, 3.8) is 0 Å². The Balaban J connectivity index is -0.000000113. The largest absolute Gasteiger partial charge is 4.00 e. The number of aliphatic hydroxyl groups excluding tert-OH is 25. The van der Waals surface area contributed by atoms with Crippen molar-refractivity contribution in [2.75, 3.05) is 33.0 Å². The maximum Gasteiger partial charge on any atom is 4.00 e. The fourth-order valence-electron chi connectivity index (χ4n) is 3.31. The van der Waals surface area contributed by atoms with Gasteiger partial charge in [-0.3, -0.25) is 0 Å². The van der Waals surface area contributed by atoms with E-state index in [1.165, 1.54) is 0 Å². The second kappa shape index (κ2) is 45.9. The maximum absolute atomic E-state index is 9.98. The minimum absolute atomic E-state index is 0. The van der Waals surface area contributed by atoms with E-state index < -0.39 is 191 Å². The van der Waals surface area contributed by atoms with Gasteiger partial charge >= 0.3 is 56.7 Å². The van der Waals surface area contributed by atoms with Crippen molar-refractivity contribution in [2.45, 2.75) is 122 Å². The van der Waals surface area contributed by atoms with E-state index in [0.29, 0.717) is 0 Å². The van der Waals surface area contributed by atoms with Crippen LogP contribution in [0.25, 0.3) is 0 Å². The third kappa shape index (κ3) is 37.7. The normalized spacial score (nSPS) is 19.0. The van der Waals surface area contributed by atoms with Crippen LogP contribution in [0.5, 0.6) is 0 Å². The molecule has 38 nitrogen and oxygen atoms in total. The van der Waals surface area contributed by atoms with Crippen LogP contribution in [-0.4, -0.2) is 324 Å². The number of aliphatic carboxylic acids is 5. The van der Waals surface area contributed by atoms with Crippen LogP contribution in [0.1, 0.15) is 0 Å². The quantitative estimate of drug-likeness (QED) is 0.0378. The van der Waals surface area contributed by atoms with Crippen molar-refractivity contribution < 1.29 is 238 Å². The number of aliphatic hydroxyl groups is 25. The van der Waals surface area contributed by atoms with Crippen molar-refractivity contribution in [1.82, 2.24) is 0 Å². The van der Waals surface area contributed by atoms with Crippen LogP contribution in [0.4, 0.5) is 4.79 Å². The van der Waals surface area contributed by atoms with E-state index >= 15 is 0 Å². The zero-order valence-electron chi connectivity index (χ0n) is 36.2. The van der Waals surface area contributed by atoms with E-state index in [4.69, 9.17) is 138 Å². The van der Waals surface area contributed by atoms with Gasteiger partial charge in [-0.05, 0) is 0 Å². The molecule has 0 bridgehead atoms. The van der Waals surface area contributed by atoms with E-state index in [-0.39, 0.29) is 50.6 Å². The maximum atomic E-state index is 9.98. The van der Waals surface area contributed by atoms with E-state index in [2.05, 4.69) is 5.73 Å². The molecule has 28 N–H and O–H groups in total. The molecule has 0 heterocycles. The first-order valence-electron chi connectivity index (χ1n) is 18.0. The Hall–Kier alpha value is -2.69. The van der Waals surface area contributed by atoms with Gasteiger partial charge in [-0.25, -0.2) is 4.79 Å². The van der Waals surface area contributed by atoms with Crippen molar-refractivity contribution in [2.24, 2.45) is 5.73 Å². The van der Waals surface area contributed by atoms with Crippen LogP contribution >= 0.6 is 0 Å². The van der Waals surface area contributed by atoms with Gasteiger partial charge in [0.1, 0.15) is 122 Å². The molecule has 1 amide bonds. The molecule has 0 rings (SSSR count). The summed E-state index contributed by atoms with van der Waals surface area (Å²) in [7, 11) is 0. The average Bonchev–Trinajstić information content (AvgIpc) is 3.31. The van der Waals surface area contributed by atoms with E-state index in [0.717, 1.165) is 0 Å². The fourth-order valence-corrected chi connectivity index (χ4v) is 3.31. The summed E-state index contributed by atoms with van der Waals surface area (Å²) in [6.07, 6.45) is -41.7. The Morgan fingerprint density at radius 2 is 0.380 bits per heavy atom. The van der Waals surface area contributed by atoms with Gasteiger partial charge in [0, 0.05) is 0 Å². The number of carbonyl (C=O) groups is 6. The number of hydrogen-bond acceptors (Lipinski definition) is 36. The Morgan fingerprint density at radius 1 is 0.296 bits per heavy atom. The minimum Gasteiger partial charge on any atom is -0.547 e. The van der Waals surface area contributed by atoms with E-state index in [9.17, 15) is 49.5 Å². The molecule has 71 heavy (non-hydrogen) atoms. The van der Waals surface area contributed by atoms with Gasteiger partial charge in [-0.15, -0.1) is 0 Å². The number of carboxylic acid groups (broad SMARTS) is 6. The molecule has 0 saturated heterocycles. The van der Waals surface area contributed by atoms with Gasteiger partial charge in [0.15, 0.2) is 0 Å². The molecule has 0 spiro atoms. The first-order chi connectivity index (χ1) is 31.3. The van der Waals surface area contributed by atoms with Gasteiger partial charge in [0.05, 0.1) is 62.9 Å². The number of carboxylic acids is 5. The first-order valence-corrected chi connectivity index (χ1v) is 18.0. The summed E-state index contributed by atoms with van der Waals surface area (Å²) in [5, 5.41) is 274. The number of rotatable bonds is 25. The van der Waals surface area contributed by atoms with Crippen molar-refractivity contribution >= 4 is 35.9 Å². The third-order valence-electron chi connectivity index (χ3n) is 7.48. The number of primary amides is 1. The number of nitrogens with two attached hydrogens (primary N) is 1. The molecule has 0 aromatic heterocycles. The molecule has 40 heteroatoms. The summed E-state index contributed by atoms with van der Waals surface area (Å²) in [4.78, 5) is 58.7. The molecule has 0 aliphatic heterocycles. The molecule has 0 aliphatic carbocycles. The Bertz CT molecular complexity index is 1190. The molecule has 0 fully saturated rings. The molecule has 0 radical (unpaired) electrons. The standard InChI is InChI=1S/5C6H12O7.CH3NO2.Mo.Na/c5*7-1-2(8)3(9)4(10)5(11)6(12)13;2-1(3)4;;/h5*2-5,7-11H,1H2,(H,12,13);2H2,(H,3,4);;/q;;;;;;+4;+1/p-5. The van der Waals surface area contributed by atoms with Crippen molar-refractivity contribution in [1.29, 1.82) is 0 Å². The van der Waals surface area contributed by atoms with Gasteiger partial charge in [0.2, 0.25) is 0 Å². The molecule has 20 unspecified atom stereocenters. The predicted octanol–water partition coefficient (Wildman–Crippen LogP) is -27.5. The van der Waals surface area contributed by atoms with Gasteiger partial charge in [-0.1, -0.05) is 0 Å². The van der Waals surface area contributed by atoms with Gasteiger partial charge in [-0.2, -0.15) is 0 Å². The smallest absolute Gasteiger partial charge is 0.547 e. The monoisotopic (exact) mass is 1160 g/mol. The zero-order chi connectivity index (χ0) is 56.5. The average molecular weight is 1160 g/mol. The summed E-state index contributed by atoms with van der Waals surface area (Å²) in [6, 6.07) is 0. The molecule has 416 valence electrons. The minimum atomic E-state index is -2.31.